The van der Waals surface area contributed by atoms with Gasteiger partial charge in [-0.2, -0.15) is 0 Å². The van der Waals surface area contributed by atoms with Crippen molar-refractivity contribution >= 4 is 43.3 Å². The van der Waals surface area contributed by atoms with Gasteiger partial charge in [-0.3, -0.25) is 4.79 Å². The predicted octanol–water partition coefficient (Wildman–Crippen LogP) is 2.65. The maximum absolute atomic E-state index is 12.0. The topological polar surface area (TPSA) is 89.5 Å². The molecule has 0 aliphatic carbocycles. The third-order valence-electron chi connectivity index (χ3n) is 2.95. The van der Waals surface area contributed by atoms with Crippen molar-refractivity contribution in [2.45, 2.75) is 4.90 Å². The van der Waals surface area contributed by atoms with Crippen LogP contribution in [0.1, 0.15) is 10.4 Å². The summed E-state index contributed by atoms with van der Waals surface area (Å²) in [6.45, 7) is -0.524. The van der Waals surface area contributed by atoms with E-state index >= 15 is 0 Å². The molecule has 6 nitrogen and oxygen atoms in total. The van der Waals surface area contributed by atoms with Crippen LogP contribution in [0.25, 0.3) is 0 Å². The Balaban J connectivity index is 2.02. The summed E-state index contributed by atoms with van der Waals surface area (Å²) >= 11 is 3.28. The van der Waals surface area contributed by atoms with Crippen LogP contribution in [0.15, 0.2) is 57.9 Å². The van der Waals surface area contributed by atoms with Gasteiger partial charge in [-0.25, -0.2) is 13.2 Å². The number of rotatable bonds is 5. The number of ether oxygens (including phenoxy) is 1. The first-order valence-electron chi connectivity index (χ1n) is 6.79. The molecule has 2 aromatic rings. The first-order valence-corrected chi connectivity index (χ1v) is 9.47. The highest BCUT2D eigenvalue weighted by molar-refractivity contribution is 9.10. The number of halogens is 1. The summed E-state index contributed by atoms with van der Waals surface area (Å²) in [5.41, 5.74) is 0.442. The number of carbonyl (C=O) groups excluding carboxylic acids is 2. The molecule has 0 unspecified atom stereocenters. The van der Waals surface area contributed by atoms with Gasteiger partial charge < -0.3 is 10.1 Å². The van der Waals surface area contributed by atoms with Crippen molar-refractivity contribution in [1.82, 2.24) is 0 Å². The Labute approximate surface area is 147 Å². The SMILES string of the molecule is CS(=O)(=O)c1ccccc1C(=O)OCC(=O)Nc1cccc(Br)c1. The van der Waals surface area contributed by atoms with Crippen LogP contribution in [-0.4, -0.2) is 33.2 Å². The maximum Gasteiger partial charge on any atom is 0.339 e. The second kappa shape index (κ2) is 7.59. The molecule has 24 heavy (non-hydrogen) atoms. The number of hydrogen-bond acceptors (Lipinski definition) is 5. The van der Waals surface area contributed by atoms with Crippen LogP contribution >= 0.6 is 15.9 Å². The minimum atomic E-state index is -3.58. The van der Waals surface area contributed by atoms with E-state index in [1.165, 1.54) is 24.3 Å². The van der Waals surface area contributed by atoms with Gasteiger partial charge in [0.2, 0.25) is 0 Å². The van der Waals surface area contributed by atoms with Crippen molar-refractivity contribution in [2.24, 2.45) is 0 Å². The van der Waals surface area contributed by atoms with Gasteiger partial charge in [0.05, 0.1) is 10.5 Å². The van der Waals surface area contributed by atoms with Crippen molar-refractivity contribution in [3.05, 3.63) is 58.6 Å². The van der Waals surface area contributed by atoms with Gasteiger partial charge in [0.25, 0.3) is 5.91 Å². The van der Waals surface area contributed by atoms with Gasteiger partial charge in [0.15, 0.2) is 16.4 Å². The zero-order chi connectivity index (χ0) is 17.7. The predicted molar refractivity (Wildman–Crippen MR) is 92.6 cm³/mol. The van der Waals surface area contributed by atoms with Crippen molar-refractivity contribution in [3.63, 3.8) is 0 Å². The smallest absolute Gasteiger partial charge is 0.339 e. The van der Waals surface area contributed by atoms with E-state index in [2.05, 4.69) is 21.2 Å². The van der Waals surface area contributed by atoms with Crippen LogP contribution < -0.4 is 5.32 Å². The summed E-state index contributed by atoms with van der Waals surface area (Å²) in [6, 6.07) is 12.6. The molecular formula is C16H14BrNO5S. The number of benzene rings is 2. The molecule has 0 heterocycles. The summed E-state index contributed by atoms with van der Waals surface area (Å²) in [5, 5.41) is 2.57. The van der Waals surface area contributed by atoms with E-state index in [4.69, 9.17) is 4.74 Å². The van der Waals surface area contributed by atoms with Crippen molar-refractivity contribution < 1.29 is 22.7 Å². The normalized spacial score (nSPS) is 10.9. The van der Waals surface area contributed by atoms with E-state index in [0.717, 1.165) is 10.7 Å². The molecule has 1 N–H and O–H groups in total. The molecule has 0 saturated heterocycles. The van der Waals surface area contributed by atoms with Gasteiger partial charge >= 0.3 is 5.97 Å². The maximum atomic E-state index is 12.0. The zero-order valence-electron chi connectivity index (χ0n) is 12.7. The van der Waals surface area contributed by atoms with Crippen LogP contribution in [0.3, 0.4) is 0 Å². The highest BCUT2D eigenvalue weighted by atomic mass is 79.9. The average Bonchev–Trinajstić information content (AvgIpc) is 2.52. The van der Waals surface area contributed by atoms with Crippen LogP contribution in [0, 0.1) is 0 Å². The minimum Gasteiger partial charge on any atom is -0.452 e. The summed E-state index contributed by atoms with van der Waals surface area (Å²) in [6.07, 6.45) is 0.999. The molecule has 0 aliphatic rings. The Morgan fingerprint density at radius 1 is 1.12 bits per heavy atom. The third kappa shape index (κ3) is 4.90. The van der Waals surface area contributed by atoms with E-state index < -0.39 is 28.3 Å². The number of nitrogens with one attached hydrogen (secondary N) is 1. The van der Waals surface area contributed by atoms with Gasteiger partial charge in [0.1, 0.15) is 0 Å². The quantitative estimate of drug-likeness (QED) is 0.763. The largest absolute Gasteiger partial charge is 0.452 e. The molecule has 0 saturated carbocycles. The van der Waals surface area contributed by atoms with E-state index in [1.807, 2.05) is 0 Å². The summed E-state index contributed by atoms with van der Waals surface area (Å²) in [5.74, 6) is -1.40. The van der Waals surface area contributed by atoms with Crippen LogP contribution in [0.2, 0.25) is 0 Å². The summed E-state index contributed by atoms with van der Waals surface area (Å²) < 4.78 is 29.0. The van der Waals surface area contributed by atoms with Gasteiger partial charge in [-0.15, -0.1) is 0 Å². The Hall–Kier alpha value is -2.19. The van der Waals surface area contributed by atoms with Gasteiger partial charge in [-0.05, 0) is 30.3 Å². The first kappa shape index (κ1) is 18.2. The second-order valence-electron chi connectivity index (χ2n) is 4.90. The van der Waals surface area contributed by atoms with Crippen molar-refractivity contribution in [3.8, 4) is 0 Å². The fourth-order valence-corrected chi connectivity index (χ4v) is 3.21. The zero-order valence-corrected chi connectivity index (χ0v) is 15.1. The molecule has 0 atom stereocenters. The molecule has 2 aromatic carbocycles. The Bertz CT molecular complexity index is 880. The fraction of sp³-hybridized carbons (Fsp3) is 0.125. The van der Waals surface area contributed by atoms with Crippen LogP contribution in [0.4, 0.5) is 5.69 Å². The van der Waals surface area contributed by atoms with E-state index in [-0.39, 0.29) is 10.5 Å². The van der Waals surface area contributed by atoms with Gasteiger partial charge in [0, 0.05) is 16.4 Å². The summed E-state index contributed by atoms with van der Waals surface area (Å²) in [4.78, 5) is 23.7. The molecule has 0 spiro atoms. The lowest BCUT2D eigenvalue weighted by Crippen LogP contribution is -2.21. The highest BCUT2D eigenvalue weighted by Gasteiger charge is 2.20. The fourth-order valence-electron chi connectivity index (χ4n) is 1.93. The van der Waals surface area contributed by atoms with Crippen molar-refractivity contribution in [2.75, 3.05) is 18.2 Å². The van der Waals surface area contributed by atoms with Crippen molar-refractivity contribution in [1.29, 1.82) is 0 Å². The third-order valence-corrected chi connectivity index (χ3v) is 4.60. The molecule has 1 amide bonds. The Kier molecular flexibility index (Phi) is 5.74. The molecule has 8 heteroatoms. The molecule has 126 valence electrons. The van der Waals surface area contributed by atoms with Crippen LogP contribution in [-0.2, 0) is 19.4 Å². The van der Waals surface area contributed by atoms with Crippen LogP contribution in [0.5, 0.6) is 0 Å². The summed E-state index contributed by atoms with van der Waals surface area (Å²) in [7, 11) is -3.58. The lowest BCUT2D eigenvalue weighted by atomic mass is 10.2. The number of hydrogen-bond donors (Lipinski definition) is 1. The molecule has 0 fully saturated rings. The number of esters is 1. The highest BCUT2D eigenvalue weighted by Crippen LogP contribution is 2.17. The second-order valence-corrected chi connectivity index (χ2v) is 7.80. The number of amides is 1. The lowest BCUT2D eigenvalue weighted by molar-refractivity contribution is -0.119. The van der Waals surface area contributed by atoms with Gasteiger partial charge in [-0.1, -0.05) is 34.1 Å². The molecule has 0 bridgehead atoms. The molecule has 2 rings (SSSR count). The molecule has 0 aromatic heterocycles. The Morgan fingerprint density at radius 3 is 2.50 bits per heavy atom. The average molecular weight is 412 g/mol. The lowest BCUT2D eigenvalue weighted by Gasteiger charge is -2.09. The van der Waals surface area contributed by atoms with E-state index in [0.29, 0.717) is 5.69 Å². The van der Waals surface area contributed by atoms with E-state index in [1.54, 1.807) is 24.3 Å². The first-order chi connectivity index (χ1) is 11.3. The number of carbonyl (C=O) groups is 2. The molecule has 0 radical (unpaired) electrons. The monoisotopic (exact) mass is 411 g/mol. The Morgan fingerprint density at radius 2 is 1.83 bits per heavy atom. The molecule has 0 aliphatic heterocycles. The number of anilines is 1. The standard InChI is InChI=1S/C16H14BrNO5S/c1-24(21,22)14-8-3-2-7-13(14)16(20)23-10-15(19)18-12-6-4-5-11(17)9-12/h2-9H,10H2,1H3,(H,18,19). The molecular weight excluding hydrogens is 398 g/mol. The number of sulfone groups is 1. The van der Waals surface area contributed by atoms with E-state index in [9.17, 15) is 18.0 Å². The minimum absolute atomic E-state index is 0.102.